The zero-order chi connectivity index (χ0) is 14.4. The summed E-state index contributed by atoms with van der Waals surface area (Å²) in [6, 6.07) is 8.00. The molecule has 106 valence electrons. The van der Waals surface area contributed by atoms with E-state index in [1.807, 2.05) is 44.3 Å². The van der Waals surface area contributed by atoms with Crippen molar-refractivity contribution >= 4 is 5.91 Å². The minimum absolute atomic E-state index is 0.0863. The number of nitrogens with one attached hydrogen (secondary N) is 2. The van der Waals surface area contributed by atoms with Gasteiger partial charge in [0.05, 0.1) is 12.6 Å². The SMILES string of the molecule is Cc1ccccc1CC(=O)NCCCc1cn[nH]c1C. The van der Waals surface area contributed by atoms with Crippen LogP contribution in [-0.4, -0.2) is 22.6 Å². The van der Waals surface area contributed by atoms with E-state index in [1.54, 1.807) is 0 Å². The highest BCUT2D eigenvalue weighted by molar-refractivity contribution is 5.78. The summed E-state index contributed by atoms with van der Waals surface area (Å²) < 4.78 is 0. The van der Waals surface area contributed by atoms with Crippen molar-refractivity contribution in [3.63, 3.8) is 0 Å². The fourth-order valence-corrected chi connectivity index (χ4v) is 2.18. The molecule has 0 saturated heterocycles. The van der Waals surface area contributed by atoms with Gasteiger partial charge in [-0.1, -0.05) is 24.3 Å². The molecule has 1 amide bonds. The van der Waals surface area contributed by atoms with E-state index in [4.69, 9.17) is 0 Å². The monoisotopic (exact) mass is 271 g/mol. The van der Waals surface area contributed by atoms with Gasteiger partial charge in [-0.25, -0.2) is 0 Å². The van der Waals surface area contributed by atoms with Gasteiger partial charge in [0.15, 0.2) is 0 Å². The predicted molar refractivity (Wildman–Crippen MR) is 79.5 cm³/mol. The van der Waals surface area contributed by atoms with Crippen molar-refractivity contribution in [1.29, 1.82) is 0 Å². The quantitative estimate of drug-likeness (QED) is 0.792. The molecule has 2 rings (SSSR count). The van der Waals surface area contributed by atoms with E-state index >= 15 is 0 Å². The Morgan fingerprint density at radius 3 is 2.75 bits per heavy atom. The number of rotatable bonds is 6. The Morgan fingerprint density at radius 1 is 1.25 bits per heavy atom. The van der Waals surface area contributed by atoms with Gasteiger partial charge >= 0.3 is 0 Å². The lowest BCUT2D eigenvalue weighted by atomic mass is 10.1. The van der Waals surface area contributed by atoms with Gasteiger partial charge in [0.2, 0.25) is 5.91 Å². The fraction of sp³-hybridized carbons (Fsp3) is 0.375. The van der Waals surface area contributed by atoms with Gasteiger partial charge in [-0.15, -0.1) is 0 Å². The summed E-state index contributed by atoms with van der Waals surface area (Å²) in [7, 11) is 0. The smallest absolute Gasteiger partial charge is 0.224 e. The third-order valence-electron chi connectivity index (χ3n) is 3.49. The normalized spacial score (nSPS) is 10.5. The maximum atomic E-state index is 11.9. The number of aromatic amines is 1. The summed E-state index contributed by atoms with van der Waals surface area (Å²) in [4.78, 5) is 11.9. The highest BCUT2D eigenvalue weighted by Crippen LogP contribution is 2.08. The maximum Gasteiger partial charge on any atom is 0.224 e. The van der Waals surface area contributed by atoms with Gasteiger partial charge in [-0.2, -0.15) is 5.10 Å². The van der Waals surface area contributed by atoms with Crippen LogP contribution in [0.2, 0.25) is 0 Å². The first-order valence-corrected chi connectivity index (χ1v) is 6.97. The standard InChI is InChI=1S/C16H21N3O/c1-12-6-3-4-7-14(12)10-16(20)17-9-5-8-15-11-18-19-13(15)2/h3-4,6-7,11H,5,8-10H2,1-2H3,(H,17,20)(H,18,19). The molecule has 0 aliphatic heterocycles. The summed E-state index contributed by atoms with van der Waals surface area (Å²) in [6.45, 7) is 4.75. The number of amides is 1. The first-order valence-electron chi connectivity index (χ1n) is 6.97. The Hall–Kier alpha value is -2.10. The maximum absolute atomic E-state index is 11.9. The molecule has 0 fully saturated rings. The van der Waals surface area contributed by atoms with Crippen LogP contribution in [0.4, 0.5) is 0 Å². The second-order valence-corrected chi connectivity index (χ2v) is 5.08. The van der Waals surface area contributed by atoms with Gasteiger partial charge in [0, 0.05) is 12.2 Å². The zero-order valence-electron chi connectivity index (χ0n) is 12.1. The van der Waals surface area contributed by atoms with Crippen molar-refractivity contribution in [2.45, 2.75) is 33.1 Å². The summed E-state index contributed by atoms with van der Waals surface area (Å²) in [5, 5.41) is 9.88. The second-order valence-electron chi connectivity index (χ2n) is 5.08. The van der Waals surface area contributed by atoms with Crippen LogP contribution in [0.5, 0.6) is 0 Å². The molecular formula is C16H21N3O. The number of carbonyl (C=O) groups excluding carboxylic acids is 1. The molecule has 0 aliphatic carbocycles. The summed E-state index contributed by atoms with van der Waals surface area (Å²) in [5.41, 5.74) is 4.58. The molecule has 4 heteroatoms. The molecule has 0 radical (unpaired) electrons. The van der Waals surface area contributed by atoms with Crippen molar-refractivity contribution in [3.05, 3.63) is 52.8 Å². The summed E-state index contributed by atoms with van der Waals surface area (Å²) >= 11 is 0. The van der Waals surface area contributed by atoms with Gasteiger partial charge < -0.3 is 5.32 Å². The van der Waals surface area contributed by atoms with Crippen molar-refractivity contribution < 1.29 is 4.79 Å². The lowest BCUT2D eigenvalue weighted by molar-refractivity contribution is -0.120. The minimum atomic E-state index is 0.0863. The topological polar surface area (TPSA) is 57.8 Å². The fourth-order valence-electron chi connectivity index (χ4n) is 2.18. The van der Waals surface area contributed by atoms with Crippen LogP contribution in [0.25, 0.3) is 0 Å². The lowest BCUT2D eigenvalue weighted by Crippen LogP contribution is -2.26. The van der Waals surface area contributed by atoms with E-state index in [1.165, 1.54) is 5.56 Å². The predicted octanol–water partition coefficient (Wildman–Crippen LogP) is 2.32. The third-order valence-corrected chi connectivity index (χ3v) is 3.49. The van der Waals surface area contributed by atoms with Crippen LogP contribution in [0, 0.1) is 13.8 Å². The number of H-pyrrole nitrogens is 1. The molecule has 4 nitrogen and oxygen atoms in total. The highest BCUT2D eigenvalue weighted by Gasteiger charge is 2.05. The molecule has 0 spiro atoms. The van der Waals surface area contributed by atoms with Crippen LogP contribution < -0.4 is 5.32 Å². The number of benzene rings is 1. The molecule has 1 aromatic carbocycles. The Labute approximate surface area is 119 Å². The first-order chi connectivity index (χ1) is 9.66. The van der Waals surface area contributed by atoms with Crippen LogP contribution in [0.1, 0.15) is 28.8 Å². The van der Waals surface area contributed by atoms with Crippen LogP contribution in [0.15, 0.2) is 30.5 Å². The Morgan fingerprint density at radius 2 is 2.05 bits per heavy atom. The molecule has 2 aromatic rings. The molecule has 1 heterocycles. The number of hydrogen-bond donors (Lipinski definition) is 2. The van der Waals surface area contributed by atoms with Crippen molar-refractivity contribution in [1.82, 2.24) is 15.5 Å². The Kier molecular flexibility index (Phi) is 4.93. The average molecular weight is 271 g/mol. The Balaban J connectivity index is 1.71. The number of aromatic nitrogens is 2. The number of hydrogen-bond acceptors (Lipinski definition) is 2. The Bertz CT molecular complexity index is 575. The average Bonchev–Trinajstić information content (AvgIpc) is 2.83. The second kappa shape index (κ2) is 6.89. The molecule has 20 heavy (non-hydrogen) atoms. The molecule has 0 atom stereocenters. The van der Waals surface area contributed by atoms with E-state index in [2.05, 4.69) is 15.5 Å². The van der Waals surface area contributed by atoms with E-state index in [-0.39, 0.29) is 5.91 Å². The molecular weight excluding hydrogens is 250 g/mol. The minimum Gasteiger partial charge on any atom is -0.356 e. The summed E-state index contributed by atoms with van der Waals surface area (Å²) in [6.07, 6.45) is 4.18. The van der Waals surface area contributed by atoms with Crippen LogP contribution in [0.3, 0.4) is 0 Å². The van der Waals surface area contributed by atoms with E-state index < -0.39 is 0 Å². The van der Waals surface area contributed by atoms with Gasteiger partial charge in [-0.3, -0.25) is 9.89 Å². The third kappa shape index (κ3) is 3.95. The molecule has 0 saturated carbocycles. The van der Waals surface area contributed by atoms with Crippen molar-refractivity contribution in [3.8, 4) is 0 Å². The van der Waals surface area contributed by atoms with Crippen molar-refractivity contribution in [2.24, 2.45) is 0 Å². The summed E-state index contributed by atoms with van der Waals surface area (Å²) in [5.74, 6) is 0.0863. The van der Waals surface area contributed by atoms with E-state index in [0.717, 1.165) is 29.7 Å². The number of nitrogens with zero attached hydrogens (tertiary/aromatic N) is 1. The molecule has 0 unspecified atom stereocenters. The van der Waals surface area contributed by atoms with Gasteiger partial charge in [-0.05, 0) is 43.4 Å². The van der Waals surface area contributed by atoms with Crippen LogP contribution in [-0.2, 0) is 17.6 Å². The van der Waals surface area contributed by atoms with E-state index in [9.17, 15) is 4.79 Å². The number of aryl methyl sites for hydroxylation is 3. The van der Waals surface area contributed by atoms with Gasteiger partial charge in [0.25, 0.3) is 0 Å². The first kappa shape index (κ1) is 14.3. The lowest BCUT2D eigenvalue weighted by Gasteiger charge is -2.07. The highest BCUT2D eigenvalue weighted by atomic mass is 16.1. The van der Waals surface area contributed by atoms with Gasteiger partial charge in [0.1, 0.15) is 0 Å². The molecule has 0 bridgehead atoms. The molecule has 2 N–H and O–H groups in total. The van der Waals surface area contributed by atoms with Crippen molar-refractivity contribution in [2.75, 3.05) is 6.54 Å². The zero-order valence-corrected chi connectivity index (χ0v) is 12.1. The van der Waals surface area contributed by atoms with E-state index in [0.29, 0.717) is 13.0 Å². The number of carbonyl (C=O) groups is 1. The largest absolute Gasteiger partial charge is 0.356 e. The molecule has 0 aliphatic rings. The molecule has 1 aromatic heterocycles. The van der Waals surface area contributed by atoms with Crippen LogP contribution >= 0.6 is 0 Å².